The van der Waals surface area contributed by atoms with Crippen molar-refractivity contribution < 1.29 is 4.79 Å². The number of thiol groups is 1. The van der Waals surface area contributed by atoms with E-state index in [1.165, 1.54) is 11.8 Å². The summed E-state index contributed by atoms with van der Waals surface area (Å²) in [5, 5.41) is 6.44. The summed E-state index contributed by atoms with van der Waals surface area (Å²) in [5.74, 6) is 6.10. The molecule has 1 aromatic rings. The van der Waals surface area contributed by atoms with Gasteiger partial charge in [-0.1, -0.05) is 30.3 Å². The fourth-order valence-electron chi connectivity index (χ4n) is 1.55. The van der Waals surface area contributed by atoms with Crippen molar-refractivity contribution in [2.24, 2.45) is 10.9 Å². The molecule has 1 unspecified atom stereocenters. The number of hydrazone groups is 1. The van der Waals surface area contributed by atoms with Crippen LogP contribution in [0.4, 0.5) is 0 Å². The Morgan fingerprint density at radius 1 is 1.44 bits per heavy atom. The number of amidine groups is 1. The van der Waals surface area contributed by atoms with Crippen molar-refractivity contribution in [3.8, 4) is 0 Å². The second-order valence-electron chi connectivity index (χ2n) is 3.83. The molecule has 2 rings (SSSR count). The first kappa shape index (κ1) is 13.3. The number of hydrogen-bond donors (Lipinski definition) is 2. The van der Waals surface area contributed by atoms with E-state index in [0.717, 1.165) is 16.3 Å². The number of hydrogen-bond acceptors (Lipinski definition) is 5. The van der Waals surface area contributed by atoms with Crippen LogP contribution in [0, 0.1) is 0 Å². The standard InChI is InChI=1S/C11H14N4OS2/c1-14-10(9(16)15(12)11(17)13-14)18-7-8-5-3-2-4-6-8/h2-6,10H,7,12H2,1H3,(H,13,17). The Balaban J connectivity index is 2.03. The number of thioether (sulfide) groups is 1. The Kier molecular flexibility index (Phi) is 4.15. The topological polar surface area (TPSA) is 61.9 Å². The lowest BCUT2D eigenvalue weighted by Crippen LogP contribution is -2.53. The molecule has 2 N–H and O–H groups in total. The molecule has 1 aliphatic heterocycles. The van der Waals surface area contributed by atoms with E-state index < -0.39 is 5.37 Å². The molecule has 96 valence electrons. The molecule has 1 heterocycles. The molecule has 1 aromatic carbocycles. The molecule has 0 fully saturated rings. The average molecular weight is 282 g/mol. The van der Waals surface area contributed by atoms with E-state index in [1.807, 2.05) is 30.3 Å². The molecule has 7 heteroatoms. The maximum atomic E-state index is 12.0. The van der Waals surface area contributed by atoms with Gasteiger partial charge < -0.3 is 0 Å². The van der Waals surface area contributed by atoms with Crippen molar-refractivity contribution in [3.05, 3.63) is 35.9 Å². The summed E-state index contributed by atoms with van der Waals surface area (Å²) in [6, 6.07) is 9.95. The summed E-state index contributed by atoms with van der Waals surface area (Å²) in [5.41, 5.74) is 1.16. The van der Waals surface area contributed by atoms with E-state index in [2.05, 4.69) is 17.7 Å². The van der Waals surface area contributed by atoms with Gasteiger partial charge >= 0.3 is 0 Å². The Bertz CT molecular complexity index is 465. The minimum atomic E-state index is -0.411. The first-order valence-corrected chi connectivity index (χ1v) is 6.84. The molecule has 1 atom stereocenters. The van der Waals surface area contributed by atoms with Gasteiger partial charge in [0.25, 0.3) is 5.91 Å². The van der Waals surface area contributed by atoms with E-state index in [0.29, 0.717) is 0 Å². The predicted octanol–water partition coefficient (Wildman–Crippen LogP) is 1.09. The van der Waals surface area contributed by atoms with Crippen LogP contribution in [-0.4, -0.2) is 33.5 Å². The van der Waals surface area contributed by atoms with Crippen LogP contribution in [0.1, 0.15) is 5.56 Å². The van der Waals surface area contributed by atoms with Gasteiger partial charge in [-0.3, -0.25) is 9.80 Å². The number of carbonyl (C=O) groups excluding carboxylic acids is 1. The van der Waals surface area contributed by atoms with Gasteiger partial charge in [0.1, 0.15) is 0 Å². The highest BCUT2D eigenvalue weighted by molar-refractivity contribution is 8.00. The molecule has 1 aliphatic rings. The van der Waals surface area contributed by atoms with Gasteiger partial charge in [0.05, 0.1) is 0 Å². The molecule has 0 radical (unpaired) electrons. The molecule has 1 amide bonds. The van der Waals surface area contributed by atoms with E-state index in [-0.39, 0.29) is 11.1 Å². The van der Waals surface area contributed by atoms with Crippen molar-refractivity contribution in [1.82, 2.24) is 10.0 Å². The Morgan fingerprint density at radius 2 is 2.11 bits per heavy atom. The van der Waals surface area contributed by atoms with Crippen molar-refractivity contribution in [2.75, 3.05) is 7.05 Å². The van der Waals surface area contributed by atoms with Gasteiger partial charge in [0.15, 0.2) is 5.37 Å². The quantitative estimate of drug-likeness (QED) is 0.495. The van der Waals surface area contributed by atoms with Crippen LogP contribution in [0.15, 0.2) is 35.4 Å². The van der Waals surface area contributed by atoms with Crippen LogP contribution in [0.3, 0.4) is 0 Å². The smallest absolute Gasteiger partial charge is 0.275 e. The number of nitrogens with two attached hydrogens (primary N) is 1. The molecule has 5 nitrogen and oxygen atoms in total. The molecular weight excluding hydrogens is 268 g/mol. The van der Waals surface area contributed by atoms with Crippen molar-refractivity contribution in [1.29, 1.82) is 0 Å². The summed E-state index contributed by atoms with van der Waals surface area (Å²) >= 11 is 5.52. The number of carbonyl (C=O) groups is 1. The fourth-order valence-corrected chi connectivity index (χ4v) is 2.85. The van der Waals surface area contributed by atoms with Gasteiger partial charge in [0.2, 0.25) is 5.17 Å². The lowest BCUT2D eigenvalue weighted by atomic mass is 10.2. The molecule has 0 bridgehead atoms. The zero-order valence-electron chi connectivity index (χ0n) is 9.85. The summed E-state index contributed by atoms with van der Waals surface area (Å²) < 4.78 is 0. The van der Waals surface area contributed by atoms with Gasteiger partial charge in [0, 0.05) is 12.8 Å². The molecule has 0 aliphatic carbocycles. The third kappa shape index (κ3) is 2.80. The highest BCUT2D eigenvalue weighted by Crippen LogP contribution is 2.24. The van der Waals surface area contributed by atoms with Gasteiger partial charge in [-0.05, 0) is 5.56 Å². The fraction of sp³-hybridized carbons (Fsp3) is 0.273. The van der Waals surface area contributed by atoms with Gasteiger partial charge in [-0.15, -0.1) is 29.5 Å². The van der Waals surface area contributed by atoms with Crippen molar-refractivity contribution in [3.63, 3.8) is 0 Å². The zero-order valence-corrected chi connectivity index (χ0v) is 11.6. The maximum Gasteiger partial charge on any atom is 0.277 e. The highest BCUT2D eigenvalue weighted by atomic mass is 32.2. The number of benzene rings is 1. The second-order valence-corrected chi connectivity index (χ2v) is 5.30. The lowest BCUT2D eigenvalue weighted by molar-refractivity contribution is -0.130. The molecule has 0 saturated carbocycles. The van der Waals surface area contributed by atoms with Crippen molar-refractivity contribution >= 4 is 35.5 Å². The summed E-state index contributed by atoms with van der Waals surface area (Å²) in [7, 11) is 1.74. The Labute approximate surface area is 115 Å². The third-order valence-electron chi connectivity index (χ3n) is 2.50. The maximum absolute atomic E-state index is 12.0. The summed E-state index contributed by atoms with van der Waals surface area (Å²) in [6.07, 6.45) is 0. The van der Waals surface area contributed by atoms with Crippen LogP contribution in [0.2, 0.25) is 0 Å². The zero-order chi connectivity index (χ0) is 13.1. The van der Waals surface area contributed by atoms with E-state index in [4.69, 9.17) is 5.84 Å². The third-order valence-corrected chi connectivity index (χ3v) is 4.13. The number of amides is 1. The summed E-state index contributed by atoms with van der Waals surface area (Å²) in [6.45, 7) is 0. The molecular formula is C11H14N4OS2. The summed E-state index contributed by atoms with van der Waals surface area (Å²) in [4.78, 5) is 12.0. The van der Waals surface area contributed by atoms with Crippen LogP contribution in [-0.2, 0) is 10.5 Å². The molecule has 18 heavy (non-hydrogen) atoms. The lowest BCUT2D eigenvalue weighted by Gasteiger charge is -2.32. The average Bonchev–Trinajstić information content (AvgIpc) is 2.37. The molecule has 0 spiro atoms. The largest absolute Gasteiger partial charge is 0.277 e. The highest BCUT2D eigenvalue weighted by Gasteiger charge is 2.32. The first-order chi connectivity index (χ1) is 8.59. The van der Waals surface area contributed by atoms with Gasteiger partial charge in [-0.25, -0.2) is 10.9 Å². The molecule has 0 saturated heterocycles. The first-order valence-electron chi connectivity index (χ1n) is 5.34. The predicted molar refractivity (Wildman–Crippen MR) is 76.7 cm³/mol. The van der Waals surface area contributed by atoms with E-state index in [9.17, 15) is 4.79 Å². The van der Waals surface area contributed by atoms with Crippen LogP contribution >= 0.6 is 24.4 Å². The number of rotatable bonds is 3. The Morgan fingerprint density at radius 3 is 2.78 bits per heavy atom. The monoisotopic (exact) mass is 282 g/mol. The van der Waals surface area contributed by atoms with Crippen LogP contribution in [0.5, 0.6) is 0 Å². The minimum Gasteiger partial charge on any atom is -0.275 e. The Hall–Kier alpha value is -1.18. The minimum absolute atomic E-state index is 0.207. The number of nitrogens with zero attached hydrogens (tertiary/aromatic N) is 3. The normalized spacial score (nSPS) is 20.1. The van der Waals surface area contributed by atoms with E-state index in [1.54, 1.807) is 12.1 Å². The van der Waals surface area contributed by atoms with Gasteiger partial charge in [-0.2, -0.15) is 0 Å². The second kappa shape index (κ2) is 5.64. The van der Waals surface area contributed by atoms with E-state index >= 15 is 0 Å². The van der Waals surface area contributed by atoms with Crippen LogP contribution in [0.25, 0.3) is 0 Å². The molecule has 0 aromatic heterocycles. The SMILES string of the molecule is CN1N=C(S)N(N)C(=O)C1SCc1ccccc1. The van der Waals surface area contributed by atoms with Crippen molar-refractivity contribution in [2.45, 2.75) is 11.1 Å². The van der Waals surface area contributed by atoms with Crippen LogP contribution < -0.4 is 5.84 Å². The number of likely N-dealkylation sites (N-methyl/N-ethyl adjacent to an activating group) is 1. The number of hydrazine groups is 1.